The van der Waals surface area contributed by atoms with E-state index in [1.165, 1.54) is 5.56 Å². The zero-order valence-corrected chi connectivity index (χ0v) is 15.3. The van der Waals surface area contributed by atoms with Gasteiger partial charge in [0.25, 0.3) is 0 Å². The van der Waals surface area contributed by atoms with Gasteiger partial charge in [0.05, 0.1) is 11.9 Å². The highest BCUT2D eigenvalue weighted by atomic mass is 15.3. The van der Waals surface area contributed by atoms with Gasteiger partial charge in [0.15, 0.2) is 17.3 Å². The number of fused-ring (bicyclic) bond motifs is 1. The molecular weight excluding hydrogens is 322 g/mol. The molecule has 0 atom stereocenters. The van der Waals surface area contributed by atoms with Crippen LogP contribution in [-0.4, -0.2) is 19.6 Å². The number of rotatable bonds is 7. The first kappa shape index (κ1) is 17.6. The van der Waals surface area contributed by atoms with Crippen molar-refractivity contribution in [1.82, 2.24) is 24.9 Å². The summed E-state index contributed by atoms with van der Waals surface area (Å²) in [6.07, 6.45) is 2.65. The molecule has 0 bridgehead atoms. The highest BCUT2D eigenvalue weighted by Crippen LogP contribution is 2.17. The van der Waals surface area contributed by atoms with Gasteiger partial charge in [-0.15, -0.1) is 0 Å². The van der Waals surface area contributed by atoms with E-state index in [2.05, 4.69) is 71.3 Å². The molecule has 1 aromatic carbocycles. The molecular formula is C21H23N5. The summed E-state index contributed by atoms with van der Waals surface area (Å²) in [5, 5.41) is 7.54. The average molecular weight is 345 g/mol. The lowest BCUT2D eigenvalue weighted by molar-refractivity contribution is 0.832. The first-order valence-corrected chi connectivity index (χ1v) is 8.57. The minimum absolute atomic E-state index is 0.548. The summed E-state index contributed by atoms with van der Waals surface area (Å²) in [6, 6.07) is 10.2. The van der Waals surface area contributed by atoms with Crippen molar-refractivity contribution in [3.05, 3.63) is 79.0 Å². The van der Waals surface area contributed by atoms with E-state index in [1.54, 1.807) is 10.7 Å². The Kier molecular flexibility index (Phi) is 4.98. The fourth-order valence-corrected chi connectivity index (χ4v) is 2.59. The highest BCUT2D eigenvalue weighted by molar-refractivity contribution is 5.64. The van der Waals surface area contributed by atoms with Crippen LogP contribution in [0.5, 0.6) is 0 Å². The second kappa shape index (κ2) is 7.35. The Morgan fingerprint density at radius 2 is 1.81 bits per heavy atom. The molecule has 5 nitrogen and oxygen atoms in total. The van der Waals surface area contributed by atoms with Crippen molar-refractivity contribution < 1.29 is 0 Å². The van der Waals surface area contributed by atoms with Crippen LogP contribution < -0.4 is 5.32 Å². The van der Waals surface area contributed by atoms with Crippen LogP contribution in [0.1, 0.15) is 43.0 Å². The summed E-state index contributed by atoms with van der Waals surface area (Å²) in [6.45, 7) is 16.8. The van der Waals surface area contributed by atoms with Crippen LogP contribution >= 0.6 is 0 Å². The molecule has 3 rings (SSSR count). The number of allylic oxidation sites excluding steroid dienone is 2. The maximum atomic E-state index is 4.55. The van der Waals surface area contributed by atoms with E-state index < -0.39 is 0 Å². The van der Waals surface area contributed by atoms with Crippen LogP contribution in [0.4, 0.5) is 0 Å². The van der Waals surface area contributed by atoms with Crippen molar-refractivity contribution in [2.75, 3.05) is 0 Å². The van der Waals surface area contributed by atoms with Gasteiger partial charge in [-0.2, -0.15) is 9.61 Å². The second-order valence-corrected chi connectivity index (χ2v) is 6.24. The van der Waals surface area contributed by atoms with E-state index in [0.29, 0.717) is 23.9 Å². The number of aromatic nitrogens is 4. The fraction of sp³-hybridized carbons (Fsp3) is 0.190. The molecule has 5 heteroatoms. The summed E-state index contributed by atoms with van der Waals surface area (Å²) in [5.74, 6) is 1.23. The molecule has 0 aliphatic rings. The Morgan fingerprint density at radius 3 is 2.46 bits per heavy atom. The standard InChI is InChI=1S/C21H23N5/c1-6-15(4)18-9-7-17(8-10-18)13-22-16(5)20-24-19-11-12-23-26(19)21(25-20)14(2)3/h7-12,22H,2,4-6,13H2,1,3H3. The molecule has 26 heavy (non-hydrogen) atoms. The maximum Gasteiger partial charge on any atom is 0.179 e. The van der Waals surface area contributed by atoms with E-state index in [4.69, 9.17) is 0 Å². The van der Waals surface area contributed by atoms with Crippen molar-refractivity contribution in [1.29, 1.82) is 0 Å². The summed E-state index contributed by atoms with van der Waals surface area (Å²) in [4.78, 5) is 9.06. The third-order valence-electron chi connectivity index (χ3n) is 4.20. The molecule has 2 heterocycles. The molecule has 3 aromatic rings. The van der Waals surface area contributed by atoms with Crippen LogP contribution in [0.3, 0.4) is 0 Å². The van der Waals surface area contributed by atoms with Gasteiger partial charge in [-0.05, 0) is 35.6 Å². The molecule has 0 aliphatic heterocycles. The molecule has 0 unspecified atom stereocenters. The van der Waals surface area contributed by atoms with Crippen molar-refractivity contribution in [3.63, 3.8) is 0 Å². The zero-order valence-electron chi connectivity index (χ0n) is 15.3. The molecule has 0 spiro atoms. The van der Waals surface area contributed by atoms with Gasteiger partial charge in [-0.1, -0.05) is 50.9 Å². The summed E-state index contributed by atoms with van der Waals surface area (Å²) < 4.78 is 1.68. The number of hydrogen-bond donors (Lipinski definition) is 1. The summed E-state index contributed by atoms with van der Waals surface area (Å²) in [7, 11) is 0. The van der Waals surface area contributed by atoms with E-state index in [-0.39, 0.29) is 0 Å². The Bertz CT molecular complexity index is 979. The number of hydrogen-bond acceptors (Lipinski definition) is 4. The SMILES string of the molecule is C=C(CC)c1ccc(CNC(=C)c2nc(C(=C)C)n3nccc3n2)cc1. The van der Waals surface area contributed by atoms with Crippen molar-refractivity contribution in [3.8, 4) is 0 Å². The van der Waals surface area contributed by atoms with Gasteiger partial charge in [0, 0.05) is 12.6 Å². The highest BCUT2D eigenvalue weighted by Gasteiger charge is 2.11. The van der Waals surface area contributed by atoms with Gasteiger partial charge in [0.2, 0.25) is 0 Å². The minimum atomic E-state index is 0.548. The first-order chi connectivity index (χ1) is 12.5. The van der Waals surface area contributed by atoms with E-state index in [1.807, 2.05) is 13.0 Å². The molecule has 0 saturated carbocycles. The molecule has 0 radical (unpaired) electrons. The van der Waals surface area contributed by atoms with Crippen LogP contribution in [0, 0.1) is 0 Å². The monoisotopic (exact) mass is 345 g/mol. The van der Waals surface area contributed by atoms with Gasteiger partial charge >= 0.3 is 0 Å². The maximum absolute atomic E-state index is 4.55. The van der Waals surface area contributed by atoms with Crippen molar-refractivity contribution in [2.24, 2.45) is 0 Å². The lowest BCUT2D eigenvalue weighted by Crippen LogP contribution is -2.15. The molecule has 132 valence electrons. The molecule has 1 N–H and O–H groups in total. The Balaban J connectivity index is 1.75. The van der Waals surface area contributed by atoms with Crippen molar-refractivity contribution >= 4 is 22.5 Å². The van der Waals surface area contributed by atoms with E-state index >= 15 is 0 Å². The largest absolute Gasteiger partial charge is 0.378 e. The predicted molar refractivity (Wildman–Crippen MR) is 107 cm³/mol. The Labute approximate surface area is 153 Å². The number of benzene rings is 1. The number of nitrogens with zero attached hydrogens (tertiary/aromatic N) is 4. The second-order valence-electron chi connectivity index (χ2n) is 6.24. The minimum Gasteiger partial charge on any atom is -0.378 e. The number of nitrogens with one attached hydrogen (secondary N) is 1. The molecule has 0 fully saturated rings. The van der Waals surface area contributed by atoms with Crippen LogP contribution in [0.2, 0.25) is 0 Å². The lowest BCUT2D eigenvalue weighted by Gasteiger charge is -2.11. The Morgan fingerprint density at radius 1 is 1.08 bits per heavy atom. The molecule has 0 amide bonds. The quantitative estimate of drug-likeness (QED) is 0.692. The van der Waals surface area contributed by atoms with Gasteiger partial charge in [0.1, 0.15) is 0 Å². The molecule has 0 saturated heterocycles. The summed E-state index contributed by atoms with van der Waals surface area (Å²) in [5.41, 5.74) is 5.68. The fourth-order valence-electron chi connectivity index (χ4n) is 2.59. The van der Waals surface area contributed by atoms with E-state index in [9.17, 15) is 0 Å². The third-order valence-corrected chi connectivity index (χ3v) is 4.20. The normalized spacial score (nSPS) is 10.7. The summed E-state index contributed by atoms with van der Waals surface area (Å²) >= 11 is 0. The topological polar surface area (TPSA) is 55.1 Å². The predicted octanol–water partition coefficient (Wildman–Crippen LogP) is 4.34. The van der Waals surface area contributed by atoms with Crippen LogP contribution in [0.15, 0.2) is 56.3 Å². The zero-order chi connectivity index (χ0) is 18.7. The van der Waals surface area contributed by atoms with Gasteiger partial charge in [-0.25, -0.2) is 9.97 Å². The van der Waals surface area contributed by atoms with Crippen LogP contribution in [-0.2, 0) is 6.54 Å². The third kappa shape index (κ3) is 3.57. The Hall–Kier alpha value is -3.21. The first-order valence-electron chi connectivity index (χ1n) is 8.57. The lowest BCUT2D eigenvalue weighted by atomic mass is 10.0. The van der Waals surface area contributed by atoms with Crippen molar-refractivity contribution in [2.45, 2.75) is 26.8 Å². The van der Waals surface area contributed by atoms with E-state index in [0.717, 1.165) is 28.8 Å². The van der Waals surface area contributed by atoms with Gasteiger partial charge < -0.3 is 5.32 Å². The molecule has 0 aliphatic carbocycles. The molecule has 2 aromatic heterocycles. The smallest absolute Gasteiger partial charge is 0.179 e. The van der Waals surface area contributed by atoms with Gasteiger partial charge in [-0.3, -0.25) is 0 Å². The van der Waals surface area contributed by atoms with Crippen LogP contribution in [0.25, 0.3) is 22.5 Å². The average Bonchev–Trinajstić information content (AvgIpc) is 3.13.